The van der Waals surface area contributed by atoms with E-state index < -0.39 is 0 Å². The first-order chi connectivity index (χ1) is 16.0. The van der Waals surface area contributed by atoms with Crippen molar-refractivity contribution in [2.24, 2.45) is 0 Å². The van der Waals surface area contributed by atoms with E-state index in [2.05, 4.69) is 22.0 Å². The summed E-state index contributed by atoms with van der Waals surface area (Å²) in [6.07, 6.45) is 2.03. The molecule has 7 nitrogen and oxygen atoms in total. The predicted octanol–water partition coefficient (Wildman–Crippen LogP) is 3.44. The van der Waals surface area contributed by atoms with Crippen molar-refractivity contribution in [2.45, 2.75) is 32.9 Å². The molecule has 2 heterocycles. The molecule has 0 spiro atoms. The lowest BCUT2D eigenvalue weighted by Crippen LogP contribution is -2.28. The third kappa shape index (κ3) is 4.59. The zero-order valence-electron chi connectivity index (χ0n) is 18.3. The molecular formula is C25H24FN5O2. The normalized spacial score (nSPS) is 11.0. The van der Waals surface area contributed by atoms with Gasteiger partial charge in [-0.15, -0.1) is 11.7 Å². The molecule has 0 aliphatic carbocycles. The van der Waals surface area contributed by atoms with Crippen LogP contribution < -0.4 is 10.9 Å². The van der Waals surface area contributed by atoms with Gasteiger partial charge in [-0.05, 0) is 19.4 Å². The van der Waals surface area contributed by atoms with Crippen LogP contribution in [0.2, 0.25) is 0 Å². The van der Waals surface area contributed by atoms with E-state index in [4.69, 9.17) is 0 Å². The molecule has 4 aromatic rings. The maximum Gasteiger partial charge on any atom is 0.279 e. The van der Waals surface area contributed by atoms with Gasteiger partial charge in [0.1, 0.15) is 5.82 Å². The number of hydrogen-bond donors (Lipinski definition) is 1. The van der Waals surface area contributed by atoms with E-state index in [0.717, 1.165) is 5.56 Å². The van der Waals surface area contributed by atoms with Crippen molar-refractivity contribution in [3.8, 4) is 11.4 Å². The van der Waals surface area contributed by atoms with Crippen molar-refractivity contribution >= 4 is 11.7 Å². The fraction of sp³-hybridized carbons (Fsp3) is 0.200. The minimum absolute atomic E-state index is 0.0877. The van der Waals surface area contributed by atoms with Gasteiger partial charge in [-0.3, -0.25) is 9.59 Å². The lowest BCUT2D eigenvalue weighted by molar-refractivity contribution is -0.121. The largest absolute Gasteiger partial charge is 0.352 e. The topological polar surface area (TPSA) is 81.3 Å². The van der Waals surface area contributed by atoms with Crippen LogP contribution in [0.15, 0.2) is 72.0 Å². The van der Waals surface area contributed by atoms with Crippen molar-refractivity contribution in [1.29, 1.82) is 0 Å². The van der Waals surface area contributed by atoms with Gasteiger partial charge in [0.05, 0.1) is 0 Å². The molecule has 0 radical (unpaired) electrons. The molecule has 0 saturated heterocycles. The number of halogens is 1. The number of carbonyl (C=O) groups excluding carboxylic acids is 1. The average molecular weight is 445 g/mol. The highest BCUT2D eigenvalue weighted by Crippen LogP contribution is 2.17. The Morgan fingerprint density at radius 2 is 1.88 bits per heavy atom. The number of fused-ring (bicyclic) bond motifs is 1. The number of carbonyl (C=O) groups is 1. The van der Waals surface area contributed by atoms with Crippen LogP contribution in [-0.4, -0.2) is 25.1 Å². The molecule has 0 aliphatic heterocycles. The van der Waals surface area contributed by atoms with Gasteiger partial charge in [-0.1, -0.05) is 54.6 Å². The van der Waals surface area contributed by atoms with Gasteiger partial charge in [0, 0.05) is 41.9 Å². The van der Waals surface area contributed by atoms with Crippen LogP contribution >= 0.6 is 0 Å². The van der Waals surface area contributed by atoms with E-state index in [0.29, 0.717) is 35.0 Å². The van der Waals surface area contributed by atoms with Gasteiger partial charge >= 0.3 is 0 Å². The van der Waals surface area contributed by atoms with Gasteiger partial charge in [0.2, 0.25) is 11.7 Å². The van der Waals surface area contributed by atoms with Gasteiger partial charge in [0.25, 0.3) is 5.56 Å². The number of nitrogens with zero attached hydrogens (tertiary/aromatic N) is 4. The molecule has 4 rings (SSSR count). The molecule has 1 N–H and O–H groups in total. The zero-order valence-corrected chi connectivity index (χ0v) is 18.3. The minimum atomic E-state index is -0.369. The first-order valence-corrected chi connectivity index (χ1v) is 10.6. The van der Waals surface area contributed by atoms with Crippen LogP contribution in [0.4, 0.5) is 4.39 Å². The number of aromatic nitrogens is 4. The molecular weight excluding hydrogens is 421 g/mol. The van der Waals surface area contributed by atoms with Gasteiger partial charge in [-0.25, -0.2) is 4.39 Å². The van der Waals surface area contributed by atoms with Gasteiger partial charge in [0.15, 0.2) is 5.82 Å². The van der Waals surface area contributed by atoms with Crippen molar-refractivity contribution in [2.75, 3.05) is 0 Å². The highest BCUT2D eigenvalue weighted by atomic mass is 19.1. The number of allylic oxidation sites excluding steroid dienone is 1. The number of amides is 1. The molecule has 0 aliphatic rings. The van der Waals surface area contributed by atoms with Crippen LogP contribution in [-0.2, 0) is 24.3 Å². The summed E-state index contributed by atoms with van der Waals surface area (Å²) in [5.41, 5.74) is 2.10. The SMILES string of the molecule is C=CCn1c(C)c(CCC(=O)NCc2ccccc2F)c(=O)n2nc(-c3ccccc3)nc12. The fourth-order valence-corrected chi connectivity index (χ4v) is 3.72. The molecule has 8 heteroatoms. The summed E-state index contributed by atoms with van der Waals surface area (Å²) in [6.45, 7) is 6.16. The summed E-state index contributed by atoms with van der Waals surface area (Å²) < 4.78 is 16.9. The fourth-order valence-electron chi connectivity index (χ4n) is 3.72. The first-order valence-electron chi connectivity index (χ1n) is 10.6. The Morgan fingerprint density at radius 1 is 1.15 bits per heavy atom. The Morgan fingerprint density at radius 3 is 2.61 bits per heavy atom. The van der Waals surface area contributed by atoms with Crippen LogP contribution in [0.1, 0.15) is 23.2 Å². The Hall–Kier alpha value is -4.07. The lowest BCUT2D eigenvalue weighted by Gasteiger charge is -2.14. The highest BCUT2D eigenvalue weighted by Gasteiger charge is 2.19. The number of nitrogens with one attached hydrogen (secondary N) is 1. The highest BCUT2D eigenvalue weighted by molar-refractivity contribution is 5.76. The van der Waals surface area contributed by atoms with Crippen molar-refractivity contribution in [1.82, 2.24) is 24.5 Å². The number of hydrogen-bond acceptors (Lipinski definition) is 4. The first kappa shape index (κ1) is 22.1. The Balaban J connectivity index is 1.60. The minimum Gasteiger partial charge on any atom is -0.352 e. The van der Waals surface area contributed by atoms with E-state index in [1.165, 1.54) is 10.6 Å². The summed E-state index contributed by atoms with van der Waals surface area (Å²) in [4.78, 5) is 30.2. The molecule has 0 bridgehead atoms. The van der Waals surface area contributed by atoms with Crippen LogP contribution in [0.25, 0.3) is 17.2 Å². The van der Waals surface area contributed by atoms with Crippen molar-refractivity contribution < 1.29 is 9.18 Å². The summed E-state index contributed by atoms with van der Waals surface area (Å²) in [7, 11) is 0. The van der Waals surface area contributed by atoms with E-state index in [1.54, 1.807) is 24.3 Å². The van der Waals surface area contributed by atoms with Gasteiger partial charge in [-0.2, -0.15) is 9.50 Å². The van der Waals surface area contributed by atoms with Crippen molar-refractivity contribution in [3.63, 3.8) is 0 Å². The monoisotopic (exact) mass is 445 g/mol. The second-order valence-electron chi connectivity index (χ2n) is 7.65. The Kier molecular flexibility index (Phi) is 6.44. The van der Waals surface area contributed by atoms with Crippen LogP contribution in [0, 0.1) is 12.7 Å². The van der Waals surface area contributed by atoms with E-state index in [1.807, 2.05) is 41.8 Å². The smallest absolute Gasteiger partial charge is 0.279 e. The molecule has 0 saturated carbocycles. The summed E-state index contributed by atoms with van der Waals surface area (Å²) in [6, 6.07) is 15.7. The van der Waals surface area contributed by atoms with Crippen LogP contribution in [0.3, 0.4) is 0 Å². The molecule has 0 atom stereocenters. The summed E-state index contributed by atoms with van der Waals surface area (Å²) in [5.74, 6) is 0.233. The van der Waals surface area contributed by atoms with E-state index in [-0.39, 0.29) is 36.7 Å². The average Bonchev–Trinajstić information content (AvgIpc) is 3.27. The molecule has 33 heavy (non-hydrogen) atoms. The third-order valence-electron chi connectivity index (χ3n) is 5.50. The molecule has 0 fully saturated rings. The lowest BCUT2D eigenvalue weighted by atomic mass is 10.1. The quantitative estimate of drug-likeness (QED) is 0.421. The molecule has 1 amide bonds. The second kappa shape index (κ2) is 9.60. The van der Waals surface area contributed by atoms with Crippen molar-refractivity contribution in [3.05, 3.63) is 100 Å². The Bertz CT molecular complexity index is 1380. The molecule has 2 aromatic carbocycles. The third-order valence-corrected chi connectivity index (χ3v) is 5.50. The standard InChI is InChI=1S/C25H24FN5O2/c1-3-15-30-17(2)20(13-14-22(32)27-16-19-11-7-8-12-21(19)26)24(33)31-25(30)28-23(29-31)18-9-5-4-6-10-18/h3-12H,1,13-16H2,2H3,(H,27,32). The summed E-state index contributed by atoms with van der Waals surface area (Å²) in [5, 5.41) is 7.15. The van der Waals surface area contributed by atoms with Crippen LogP contribution in [0.5, 0.6) is 0 Å². The number of benzene rings is 2. The molecule has 0 unspecified atom stereocenters. The van der Waals surface area contributed by atoms with E-state index >= 15 is 0 Å². The molecule has 168 valence electrons. The number of rotatable bonds is 8. The predicted molar refractivity (Wildman–Crippen MR) is 124 cm³/mol. The maximum absolute atomic E-state index is 13.8. The van der Waals surface area contributed by atoms with Gasteiger partial charge < -0.3 is 9.88 Å². The second-order valence-corrected chi connectivity index (χ2v) is 7.65. The van der Waals surface area contributed by atoms with E-state index in [9.17, 15) is 14.0 Å². The summed E-state index contributed by atoms with van der Waals surface area (Å²) >= 11 is 0. The Labute approximate surface area is 190 Å². The molecule has 2 aromatic heterocycles. The zero-order chi connectivity index (χ0) is 23.4. The maximum atomic E-state index is 13.8.